The summed E-state index contributed by atoms with van der Waals surface area (Å²) in [4.78, 5) is 0. The summed E-state index contributed by atoms with van der Waals surface area (Å²) in [5, 5.41) is 13.1. The van der Waals surface area contributed by atoms with E-state index in [9.17, 15) is 0 Å². The molecular weight excluding hydrogens is 130 g/mol. The molecule has 0 saturated carbocycles. The zero-order chi connectivity index (χ0) is 7.40. The van der Waals surface area contributed by atoms with Crippen LogP contribution < -0.4 is 5.84 Å². The van der Waals surface area contributed by atoms with Gasteiger partial charge < -0.3 is 5.21 Å². The molecule has 1 aliphatic heterocycles. The first-order valence-electron chi connectivity index (χ1n) is 3.58. The van der Waals surface area contributed by atoms with Crippen molar-refractivity contribution in [3.63, 3.8) is 0 Å². The lowest BCUT2D eigenvalue weighted by molar-refractivity contribution is 0.299. The van der Waals surface area contributed by atoms with E-state index in [1.165, 1.54) is 11.4 Å². The van der Waals surface area contributed by atoms with E-state index >= 15 is 0 Å². The second kappa shape index (κ2) is 3.41. The van der Waals surface area contributed by atoms with Crippen molar-refractivity contribution >= 4 is 5.84 Å². The molecule has 58 valence electrons. The Labute approximate surface area is 60.3 Å². The van der Waals surface area contributed by atoms with Crippen LogP contribution in [0.15, 0.2) is 5.16 Å². The Morgan fingerprint density at radius 3 is 2.90 bits per heavy atom. The molecule has 1 aliphatic rings. The predicted octanol–water partition coefficient (Wildman–Crippen LogP) is 0.524. The van der Waals surface area contributed by atoms with Gasteiger partial charge in [-0.05, 0) is 12.8 Å². The summed E-state index contributed by atoms with van der Waals surface area (Å²) in [5.41, 5.74) is 0. The third-order valence-corrected chi connectivity index (χ3v) is 1.75. The van der Waals surface area contributed by atoms with E-state index in [-0.39, 0.29) is 0 Å². The maximum atomic E-state index is 8.45. The minimum absolute atomic E-state index is 0.609. The number of oxime groups is 1. The maximum Gasteiger partial charge on any atom is 0.158 e. The Bertz CT molecular complexity index is 135. The SMILES string of the molecule is NN1CCCCCC1=NO. The molecule has 1 fully saturated rings. The van der Waals surface area contributed by atoms with Crippen LogP contribution in [0.5, 0.6) is 0 Å². The summed E-state index contributed by atoms with van der Waals surface area (Å²) in [6.45, 7) is 0.805. The number of rotatable bonds is 0. The Hall–Kier alpha value is -0.770. The molecule has 3 N–H and O–H groups in total. The molecule has 0 unspecified atom stereocenters. The second-order valence-corrected chi connectivity index (χ2v) is 2.52. The molecule has 0 aromatic carbocycles. The molecule has 10 heavy (non-hydrogen) atoms. The molecular formula is C6H13N3O. The average molecular weight is 143 g/mol. The van der Waals surface area contributed by atoms with E-state index in [4.69, 9.17) is 11.0 Å². The molecule has 1 saturated heterocycles. The minimum atomic E-state index is 0.609. The van der Waals surface area contributed by atoms with Gasteiger partial charge in [-0.1, -0.05) is 11.6 Å². The molecule has 0 amide bonds. The van der Waals surface area contributed by atoms with Crippen LogP contribution in [0.3, 0.4) is 0 Å². The van der Waals surface area contributed by atoms with Gasteiger partial charge >= 0.3 is 0 Å². The molecule has 4 nitrogen and oxygen atoms in total. The van der Waals surface area contributed by atoms with Gasteiger partial charge in [-0.2, -0.15) is 0 Å². The second-order valence-electron chi connectivity index (χ2n) is 2.52. The molecule has 1 heterocycles. The van der Waals surface area contributed by atoms with Gasteiger partial charge in [0.25, 0.3) is 0 Å². The fourth-order valence-corrected chi connectivity index (χ4v) is 1.12. The summed E-state index contributed by atoms with van der Waals surface area (Å²) < 4.78 is 0. The van der Waals surface area contributed by atoms with Crippen molar-refractivity contribution in [1.82, 2.24) is 5.01 Å². The van der Waals surface area contributed by atoms with Crippen molar-refractivity contribution < 1.29 is 5.21 Å². The zero-order valence-electron chi connectivity index (χ0n) is 5.95. The number of hydrazine groups is 1. The molecule has 0 radical (unpaired) electrons. The molecule has 0 bridgehead atoms. The minimum Gasteiger partial charge on any atom is -0.409 e. The fraction of sp³-hybridized carbons (Fsp3) is 0.833. The van der Waals surface area contributed by atoms with Gasteiger partial charge in [0.15, 0.2) is 5.84 Å². The van der Waals surface area contributed by atoms with E-state index < -0.39 is 0 Å². The van der Waals surface area contributed by atoms with Crippen LogP contribution >= 0.6 is 0 Å². The number of nitrogens with zero attached hydrogens (tertiary/aromatic N) is 2. The van der Waals surface area contributed by atoms with E-state index in [0.29, 0.717) is 5.84 Å². The van der Waals surface area contributed by atoms with Crippen LogP contribution in [-0.2, 0) is 0 Å². The molecule has 0 aromatic rings. The van der Waals surface area contributed by atoms with Crippen molar-refractivity contribution in [2.45, 2.75) is 25.7 Å². The fourth-order valence-electron chi connectivity index (χ4n) is 1.12. The Balaban J connectivity index is 2.52. The summed E-state index contributed by atoms with van der Waals surface area (Å²) in [6.07, 6.45) is 4.14. The maximum absolute atomic E-state index is 8.45. The average Bonchev–Trinajstić information content (AvgIpc) is 2.13. The Kier molecular flexibility index (Phi) is 2.50. The molecule has 0 atom stereocenters. The normalized spacial score (nSPS) is 24.9. The lowest BCUT2D eigenvalue weighted by atomic mass is 10.2. The monoisotopic (exact) mass is 143 g/mol. The number of hydrogen-bond donors (Lipinski definition) is 2. The molecule has 1 rings (SSSR count). The summed E-state index contributed by atoms with van der Waals surface area (Å²) in [7, 11) is 0. The van der Waals surface area contributed by atoms with Gasteiger partial charge in [0.1, 0.15) is 0 Å². The van der Waals surface area contributed by atoms with Gasteiger partial charge in [0.05, 0.1) is 0 Å². The lowest BCUT2D eigenvalue weighted by Gasteiger charge is -2.14. The van der Waals surface area contributed by atoms with Crippen molar-refractivity contribution in [2.75, 3.05) is 6.54 Å². The van der Waals surface area contributed by atoms with E-state index in [1.54, 1.807) is 0 Å². The first-order chi connectivity index (χ1) is 4.84. The summed E-state index contributed by atoms with van der Waals surface area (Å²) >= 11 is 0. The standard InChI is InChI=1S/C6H13N3O/c7-9-5-3-1-2-4-6(9)8-10/h10H,1-5,7H2. The number of amidine groups is 1. The van der Waals surface area contributed by atoms with Gasteiger partial charge in [-0.15, -0.1) is 0 Å². The smallest absolute Gasteiger partial charge is 0.158 e. The van der Waals surface area contributed by atoms with Crippen molar-refractivity contribution in [3.05, 3.63) is 0 Å². The van der Waals surface area contributed by atoms with Crippen molar-refractivity contribution in [2.24, 2.45) is 11.0 Å². The molecule has 4 heteroatoms. The first-order valence-corrected chi connectivity index (χ1v) is 3.58. The van der Waals surface area contributed by atoms with Gasteiger partial charge in [0, 0.05) is 13.0 Å². The van der Waals surface area contributed by atoms with E-state index in [2.05, 4.69) is 5.16 Å². The highest BCUT2D eigenvalue weighted by atomic mass is 16.4. The van der Waals surface area contributed by atoms with Crippen LogP contribution in [0.25, 0.3) is 0 Å². The highest BCUT2D eigenvalue weighted by molar-refractivity contribution is 5.81. The third kappa shape index (κ3) is 1.60. The molecule has 0 aliphatic carbocycles. The first kappa shape index (κ1) is 7.34. The van der Waals surface area contributed by atoms with Gasteiger partial charge in [0.2, 0.25) is 0 Å². The van der Waals surface area contributed by atoms with Crippen LogP contribution in [-0.4, -0.2) is 22.6 Å². The highest BCUT2D eigenvalue weighted by Crippen LogP contribution is 2.08. The predicted molar refractivity (Wildman–Crippen MR) is 38.6 cm³/mol. The quantitative estimate of drug-likeness (QED) is 0.295. The topological polar surface area (TPSA) is 61.8 Å². The molecule has 0 aromatic heterocycles. The lowest BCUT2D eigenvalue weighted by Crippen LogP contribution is -2.36. The van der Waals surface area contributed by atoms with E-state index in [1.807, 2.05) is 0 Å². The largest absolute Gasteiger partial charge is 0.409 e. The number of nitrogens with two attached hydrogens (primary N) is 1. The van der Waals surface area contributed by atoms with Crippen LogP contribution in [0.4, 0.5) is 0 Å². The van der Waals surface area contributed by atoms with Crippen LogP contribution in [0.2, 0.25) is 0 Å². The van der Waals surface area contributed by atoms with Crippen molar-refractivity contribution in [3.8, 4) is 0 Å². The Morgan fingerprint density at radius 2 is 2.20 bits per heavy atom. The number of hydrogen-bond acceptors (Lipinski definition) is 3. The summed E-state index contributed by atoms with van der Waals surface area (Å²) in [6, 6.07) is 0. The van der Waals surface area contributed by atoms with Crippen LogP contribution in [0, 0.1) is 0 Å². The van der Waals surface area contributed by atoms with Gasteiger partial charge in [-0.25, -0.2) is 5.84 Å². The van der Waals surface area contributed by atoms with Crippen molar-refractivity contribution in [1.29, 1.82) is 0 Å². The zero-order valence-corrected chi connectivity index (χ0v) is 5.95. The third-order valence-electron chi connectivity index (χ3n) is 1.75. The summed E-state index contributed by atoms with van der Waals surface area (Å²) in [5.74, 6) is 6.14. The van der Waals surface area contributed by atoms with Crippen LogP contribution in [0.1, 0.15) is 25.7 Å². The van der Waals surface area contributed by atoms with Gasteiger partial charge in [-0.3, -0.25) is 5.01 Å². The molecule has 0 spiro atoms. The highest BCUT2D eigenvalue weighted by Gasteiger charge is 2.10. The van der Waals surface area contributed by atoms with E-state index in [0.717, 1.165) is 25.8 Å². The Morgan fingerprint density at radius 1 is 1.40 bits per heavy atom.